The van der Waals surface area contributed by atoms with Crippen LogP contribution in [-0.4, -0.2) is 48.9 Å². The van der Waals surface area contributed by atoms with Crippen molar-refractivity contribution >= 4 is 33.3 Å². The van der Waals surface area contributed by atoms with Crippen LogP contribution in [0.25, 0.3) is 0 Å². The van der Waals surface area contributed by atoms with Gasteiger partial charge in [0.15, 0.2) is 16.4 Å². The van der Waals surface area contributed by atoms with Gasteiger partial charge in [-0.05, 0) is 50.6 Å². The van der Waals surface area contributed by atoms with Gasteiger partial charge in [0.1, 0.15) is 0 Å². The van der Waals surface area contributed by atoms with E-state index in [9.17, 15) is 22.8 Å². The van der Waals surface area contributed by atoms with Gasteiger partial charge in [-0.25, -0.2) is 18.0 Å². The lowest BCUT2D eigenvalue weighted by Gasteiger charge is -2.16. The lowest BCUT2D eigenvalue weighted by molar-refractivity contribution is 0.0474. The number of nitrogens with two attached hydrogens (primary N) is 1. The molecule has 160 valence electrons. The van der Waals surface area contributed by atoms with Crippen LogP contribution in [0.2, 0.25) is 0 Å². The second kappa shape index (κ2) is 8.31. The van der Waals surface area contributed by atoms with Crippen LogP contribution in [0.4, 0.5) is 10.5 Å². The van der Waals surface area contributed by atoms with Crippen molar-refractivity contribution in [3.63, 3.8) is 0 Å². The number of sulfone groups is 1. The molecule has 1 aliphatic rings. The number of rotatable bonds is 6. The first-order valence-corrected chi connectivity index (χ1v) is 11.2. The topological polar surface area (TPSA) is 138 Å². The lowest BCUT2D eigenvalue weighted by Crippen LogP contribution is -2.19. The fourth-order valence-corrected chi connectivity index (χ4v) is 5.42. The van der Waals surface area contributed by atoms with E-state index >= 15 is 0 Å². The van der Waals surface area contributed by atoms with Crippen LogP contribution in [0.1, 0.15) is 44.6 Å². The average Bonchev–Trinajstić information content (AvgIpc) is 3.17. The first-order valence-electron chi connectivity index (χ1n) is 9.33. The number of carbonyl (C=O) groups is 3. The predicted molar refractivity (Wildman–Crippen MR) is 110 cm³/mol. The molecule has 2 amide bonds. The van der Waals surface area contributed by atoms with Gasteiger partial charge in [-0.2, -0.15) is 0 Å². The van der Waals surface area contributed by atoms with Gasteiger partial charge in [0.2, 0.25) is 5.78 Å². The molecule has 2 heterocycles. The number of Topliss-reactive ketones (excluding diaryl/α,β-unsaturated/α-hetero) is 1. The van der Waals surface area contributed by atoms with Gasteiger partial charge >= 0.3 is 12.0 Å². The summed E-state index contributed by atoms with van der Waals surface area (Å²) in [5.41, 5.74) is 7.54. The van der Waals surface area contributed by atoms with E-state index in [-0.39, 0.29) is 28.9 Å². The Morgan fingerprint density at radius 2 is 1.87 bits per heavy atom. The molecule has 1 fully saturated rings. The maximum absolute atomic E-state index is 12.6. The van der Waals surface area contributed by atoms with E-state index in [4.69, 9.17) is 10.5 Å². The largest absolute Gasteiger partial charge is 0.454 e. The highest BCUT2D eigenvalue weighted by Crippen LogP contribution is 2.29. The van der Waals surface area contributed by atoms with E-state index in [1.54, 1.807) is 13.0 Å². The third kappa shape index (κ3) is 4.70. The van der Waals surface area contributed by atoms with Crippen LogP contribution in [0.5, 0.6) is 0 Å². The molecule has 0 bridgehead atoms. The molecular weight excluding hydrogens is 410 g/mol. The number of amides is 2. The number of ketones is 1. The van der Waals surface area contributed by atoms with Gasteiger partial charge in [-0.15, -0.1) is 0 Å². The molecule has 0 saturated carbocycles. The highest BCUT2D eigenvalue weighted by molar-refractivity contribution is 7.91. The molecule has 1 saturated heterocycles. The minimum Gasteiger partial charge on any atom is -0.454 e. The molecule has 2 aromatic rings. The quantitative estimate of drug-likeness (QED) is 0.528. The number of hydrogen-bond acceptors (Lipinski definition) is 6. The molecule has 1 aliphatic heterocycles. The molecule has 10 heteroatoms. The Morgan fingerprint density at radius 1 is 1.20 bits per heavy atom. The number of anilines is 1. The van der Waals surface area contributed by atoms with Crippen LogP contribution in [0, 0.1) is 13.8 Å². The van der Waals surface area contributed by atoms with Crippen LogP contribution in [0.15, 0.2) is 30.3 Å². The van der Waals surface area contributed by atoms with Crippen LogP contribution >= 0.6 is 0 Å². The number of nitrogens with zero attached hydrogens (tertiary/aromatic N) is 1. The summed E-state index contributed by atoms with van der Waals surface area (Å²) in [6.07, 6.45) is 0.516. The number of aromatic nitrogens is 1. The molecule has 1 unspecified atom stereocenters. The second-order valence-electron chi connectivity index (χ2n) is 7.28. The third-order valence-electron chi connectivity index (χ3n) is 5.08. The SMILES string of the molecule is Cc1cc(C(=O)COC(=O)c2ccc(NC(N)=O)cc2)c(C)n1C1CCS(=O)(=O)C1. The van der Waals surface area contributed by atoms with E-state index in [2.05, 4.69) is 5.32 Å². The highest BCUT2D eigenvalue weighted by atomic mass is 32.2. The average molecular weight is 433 g/mol. The Kier molecular flexibility index (Phi) is 5.97. The Bertz CT molecular complexity index is 1100. The number of carbonyl (C=O) groups excluding carboxylic acids is 3. The number of benzene rings is 1. The third-order valence-corrected chi connectivity index (χ3v) is 6.83. The van der Waals surface area contributed by atoms with E-state index in [0.29, 0.717) is 23.4 Å². The van der Waals surface area contributed by atoms with Crippen molar-refractivity contribution in [1.29, 1.82) is 0 Å². The Hall–Kier alpha value is -3.14. The number of aryl methyl sites for hydroxylation is 1. The van der Waals surface area contributed by atoms with Crippen molar-refractivity contribution in [3.8, 4) is 0 Å². The molecule has 9 nitrogen and oxygen atoms in total. The molecule has 0 spiro atoms. The zero-order valence-corrected chi connectivity index (χ0v) is 17.5. The molecule has 30 heavy (non-hydrogen) atoms. The summed E-state index contributed by atoms with van der Waals surface area (Å²) in [4.78, 5) is 35.6. The van der Waals surface area contributed by atoms with E-state index in [1.807, 2.05) is 11.5 Å². The molecule has 3 N–H and O–H groups in total. The molecule has 1 aromatic carbocycles. The van der Waals surface area contributed by atoms with Gasteiger partial charge in [-0.3, -0.25) is 4.79 Å². The predicted octanol–water partition coefficient (Wildman–Crippen LogP) is 1.99. The van der Waals surface area contributed by atoms with Crippen molar-refractivity contribution in [2.75, 3.05) is 23.4 Å². The number of primary amides is 1. The second-order valence-corrected chi connectivity index (χ2v) is 9.51. The molecule has 1 atom stereocenters. The molecular formula is C20H23N3O6S. The van der Waals surface area contributed by atoms with Gasteiger partial charge in [0.25, 0.3) is 0 Å². The van der Waals surface area contributed by atoms with Crippen molar-refractivity contribution in [1.82, 2.24) is 4.57 Å². The summed E-state index contributed by atoms with van der Waals surface area (Å²) in [6, 6.07) is 6.67. The van der Waals surface area contributed by atoms with Crippen molar-refractivity contribution in [3.05, 3.63) is 52.8 Å². The summed E-state index contributed by atoms with van der Waals surface area (Å²) in [7, 11) is -3.06. The molecule has 0 radical (unpaired) electrons. The standard InChI is InChI=1S/C20H23N3O6S/c1-12-9-17(13(2)23(12)16-7-8-30(27,28)11-16)18(24)10-29-19(25)14-3-5-15(6-4-14)22-20(21)26/h3-6,9,16H,7-8,10-11H2,1-2H3,(H3,21,22,26). The number of nitrogens with one attached hydrogen (secondary N) is 1. The van der Waals surface area contributed by atoms with Crippen LogP contribution < -0.4 is 11.1 Å². The van der Waals surface area contributed by atoms with Gasteiger partial charge in [0.05, 0.1) is 17.1 Å². The number of urea groups is 1. The van der Waals surface area contributed by atoms with Gasteiger partial charge < -0.3 is 20.4 Å². The fourth-order valence-electron chi connectivity index (χ4n) is 3.72. The maximum Gasteiger partial charge on any atom is 0.338 e. The Balaban J connectivity index is 1.66. The van der Waals surface area contributed by atoms with E-state index in [0.717, 1.165) is 5.69 Å². The Morgan fingerprint density at radius 3 is 2.43 bits per heavy atom. The summed E-state index contributed by atoms with van der Waals surface area (Å²) in [5, 5.41) is 2.38. The minimum atomic E-state index is -3.06. The Labute approximate surface area is 174 Å². The normalized spacial score (nSPS) is 17.5. The van der Waals surface area contributed by atoms with Crippen molar-refractivity contribution in [2.24, 2.45) is 5.73 Å². The summed E-state index contributed by atoms with van der Waals surface area (Å²) >= 11 is 0. The van der Waals surface area contributed by atoms with Crippen molar-refractivity contribution in [2.45, 2.75) is 26.3 Å². The maximum atomic E-state index is 12.6. The van der Waals surface area contributed by atoms with E-state index in [1.165, 1.54) is 24.3 Å². The number of hydrogen-bond donors (Lipinski definition) is 2. The van der Waals surface area contributed by atoms with Gasteiger partial charge in [-0.1, -0.05) is 0 Å². The first-order chi connectivity index (χ1) is 14.1. The summed E-state index contributed by atoms with van der Waals surface area (Å²) in [5.74, 6) is -0.837. The summed E-state index contributed by atoms with van der Waals surface area (Å²) < 4.78 is 30.6. The minimum absolute atomic E-state index is 0.0621. The lowest BCUT2D eigenvalue weighted by atomic mass is 10.1. The first kappa shape index (κ1) is 21.6. The van der Waals surface area contributed by atoms with E-state index < -0.39 is 28.4 Å². The fraction of sp³-hybridized carbons (Fsp3) is 0.350. The van der Waals surface area contributed by atoms with Crippen molar-refractivity contribution < 1.29 is 27.5 Å². The number of ether oxygens (including phenoxy) is 1. The summed E-state index contributed by atoms with van der Waals surface area (Å²) in [6.45, 7) is 3.15. The van der Waals surface area contributed by atoms with Gasteiger partial charge in [0, 0.05) is 28.7 Å². The smallest absolute Gasteiger partial charge is 0.338 e. The zero-order valence-electron chi connectivity index (χ0n) is 16.7. The van der Waals surface area contributed by atoms with Crippen LogP contribution in [0.3, 0.4) is 0 Å². The van der Waals surface area contributed by atoms with Crippen LogP contribution in [-0.2, 0) is 14.6 Å². The molecule has 1 aromatic heterocycles. The molecule has 3 rings (SSSR count). The number of esters is 1. The highest BCUT2D eigenvalue weighted by Gasteiger charge is 2.31. The molecule has 0 aliphatic carbocycles. The monoisotopic (exact) mass is 433 g/mol. The zero-order chi connectivity index (χ0) is 22.1.